The average Bonchev–Trinajstić information content (AvgIpc) is 3.14. The van der Waals surface area contributed by atoms with E-state index >= 15 is 0 Å². The van der Waals surface area contributed by atoms with Crippen LogP contribution in [0.5, 0.6) is 0 Å². The molecule has 2 rings (SSSR count). The van der Waals surface area contributed by atoms with Crippen molar-refractivity contribution in [1.29, 1.82) is 0 Å². The predicted molar refractivity (Wildman–Crippen MR) is 100 cm³/mol. The van der Waals surface area contributed by atoms with Crippen LogP contribution < -0.4 is 11.1 Å². The number of carbonyl (C=O) groups is 2. The van der Waals surface area contributed by atoms with Gasteiger partial charge in [-0.2, -0.15) is 11.3 Å². The van der Waals surface area contributed by atoms with E-state index in [9.17, 15) is 14.7 Å². The first-order valence-corrected chi connectivity index (χ1v) is 8.53. The fourth-order valence-electron chi connectivity index (χ4n) is 2.20. The molecule has 4 N–H and O–H groups in total. The Morgan fingerprint density at radius 1 is 1.24 bits per heavy atom. The van der Waals surface area contributed by atoms with E-state index < -0.39 is 6.10 Å². The van der Waals surface area contributed by atoms with Crippen molar-refractivity contribution < 1.29 is 14.7 Å². The second kappa shape index (κ2) is 10.8. The Balaban J connectivity index is 0.00000312. The number of thiophene rings is 1. The number of benzene rings is 1. The number of carbonyl (C=O) groups excluding carboxylic acids is 2. The quantitative estimate of drug-likeness (QED) is 0.640. The first-order valence-electron chi connectivity index (χ1n) is 7.58. The van der Waals surface area contributed by atoms with E-state index in [1.54, 1.807) is 0 Å². The Hall–Kier alpha value is -1.93. The Morgan fingerprint density at radius 2 is 1.96 bits per heavy atom. The first kappa shape index (κ1) is 21.1. The average molecular weight is 384 g/mol. The normalized spacial score (nSPS) is 11.3. The summed E-state index contributed by atoms with van der Waals surface area (Å²) in [5.74, 6) is -0.656. The second-order valence-corrected chi connectivity index (χ2v) is 6.09. The summed E-state index contributed by atoms with van der Waals surface area (Å²) in [5.41, 5.74) is 6.95. The van der Waals surface area contributed by atoms with Crippen LogP contribution in [-0.4, -0.2) is 41.5 Å². The van der Waals surface area contributed by atoms with Crippen LogP contribution in [-0.2, 0) is 16.1 Å². The zero-order valence-electron chi connectivity index (χ0n) is 13.6. The predicted octanol–water partition coefficient (Wildman–Crippen LogP) is 1.31. The molecule has 0 aliphatic carbocycles. The summed E-state index contributed by atoms with van der Waals surface area (Å²) < 4.78 is 0. The van der Waals surface area contributed by atoms with Crippen LogP contribution in [0.1, 0.15) is 17.2 Å². The molecule has 1 unspecified atom stereocenters. The molecule has 8 heteroatoms. The summed E-state index contributed by atoms with van der Waals surface area (Å²) in [6, 6.07) is 11.3. The van der Waals surface area contributed by atoms with Crippen molar-refractivity contribution in [2.75, 3.05) is 19.6 Å². The lowest BCUT2D eigenvalue weighted by Gasteiger charge is -2.25. The third-order valence-electron chi connectivity index (χ3n) is 3.51. The minimum atomic E-state index is -0.769. The molecule has 0 fully saturated rings. The van der Waals surface area contributed by atoms with Gasteiger partial charge in [-0.05, 0) is 28.0 Å². The van der Waals surface area contributed by atoms with Crippen molar-refractivity contribution in [2.45, 2.75) is 12.6 Å². The van der Waals surface area contributed by atoms with Crippen molar-refractivity contribution in [3.63, 3.8) is 0 Å². The van der Waals surface area contributed by atoms with Gasteiger partial charge in [0.25, 0.3) is 0 Å². The van der Waals surface area contributed by atoms with E-state index in [0.717, 1.165) is 11.1 Å². The summed E-state index contributed by atoms with van der Waals surface area (Å²) in [4.78, 5) is 25.2. The molecule has 0 saturated carbocycles. The van der Waals surface area contributed by atoms with Crippen LogP contribution in [0.3, 0.4) is 0 Å². The van der Waals surface area contributed by atoms with Crippen LogP contribution in [0.4, 0.5) is 0 Å². The number of amides is 2. The molecular formula is C17H22ClN3O3S. The summed E-state index contributed by atoms with van der Waals surface area (Å²) in [7, 11) is 0. The van der Waals surface area contributed by atoms with Gasteiger partial charge in [0, 0.05) is 6.54 Å². The van der Waals surface area contributed by atoms with Gasteiger partial charge >= 0.3 is 0 Å². The Bertz CT molecular complexity index is 652. The molecule has 0 bridgehead atoms. The van der Waals surface area contributed by atoms with Gasteiger partial charge < -0.3 is 21.1 Å². The van der Waals surface area contributed by atoms with Crippen molar-refractivity contribution in [1.82, 2.24) is 10.2 Å². The molecule has 1 aromatic carbocycles. The smallest absolute Gasteiger partial charge is 0.242 e. The number of halogens is 1. The molecule has 0 aliphatic rings. The van der Waals surface area contributed by atoms with Crippen LogP contribution in [0, 0.1) is 0 Å². The van der Waals surface area contributed by atoms with E-state index in [2.05, 4.69) is 5.32 Å². The first-order chi connectivity index (χ1) is 11.6. The molecule has 25 heavy (non-hydrogen) atoms. The van der Waals surface area contributed by atoms with Gasteiger partial charge in [0.2, 0.25) is 11.8 Å². The molecule has 0 spiro atoms. The van der Waals surface area contributed by atoms with E-state index in [4.69, 9.17) is 5.73 Å². The number of aliphatic hydroxyl groups is 1. The minimum absolute atomic E-state index is 0. The molecule has 2 amide bonds. The Morgan fingerprint density at radius 3 is 2.56 bits per heavy atom. The lowest BCUT2D eigenvalue weighted by atomic mass is 10.1. The summed E-state index contributed by atoms with van der Waals surface area (Å²) in [5, 5.41) is 16.5. The van der Waals surface area contributed by atoms with Crippen molar-refractivity contribution in [2.24, 2.45) is 5.73 Å². The van der Waals surface area contributed by atoms with E-state index in [1.807, 2.05) is 47.2 Å². The molecular weight excluding hydrogens is 362 g/mol. The molecule has 0 aliphatic heterocycles. The number of nitrogens with one attached hydrogen (secondary N) is 1. The molecule has 136 valence electrons. The number of hydrogen-bond donors (Lipinski definition) is 3. The van der Waals surface area contributed by atoms with Crippen molar-refractivity contribution in [3.8, 4) is 0 Å². The highest BCUT2D eigenvalue weighted by Gasteiger charge is 2.19. The highest BCUT2D eigenvalue weighted by atomic mass is 35.5. The van der Waals surface area contributed by atoms with Gasteiger partial charge in [0.05, 0.1) is 25.7 Å². The second-order valence-electron chi connectivity index (χ2n) is 5.31. The molecule has 1 aromatic heterocycles. The van der Waals surface area contributed by atoms with Crippen LogP contribution in [0.2, 0.25) is 0 Å². The monoisotopic (exact) mass is 383 g/mol. The zero-order valence-corrected chi connectivity index (χ0v) is 15.3. The maximum absolute atomic E-state index is 12.4. The maximum atomic E-state index is 12.4. The summed E-state index contributed by atoms with van der Waals surface area (Å²) in [6.45, 7) is 0.213. The topological polar surface area (TPSA) is 95.7 Å². The van der Waals surface area contributed by atoms with Gasteiger partial charge in [0.15, 0.2) is 0 Å². The molecule has 2 aromatic rings. The van der Waals surface area contributed by atoms with Gasteiger partial charge in [-0.25, -0.2) is 0 Å². The Labute approximate surface area is 157 Å². The van der Waals surface area contributed by atoms with Gasteiger partial charge in [-0.1, -0.05) is 30.3 Å². The van der Waals surface area contributed by atoms with E-state index in [-0.39, 0.29) is 43.9 Å². The fourth-order valence-corrected chi connectivity index (χ4v) is 2.90. The maximum Gasteiger partial charge on any atom is 0.242 e. The molecule has 6 nitrogen and oxygen atoms in total. The Kier molecular flexibility index (Phi) is 9.15. The van der Waals surface area contributed by atoms with Crippen LogP contribution >= 0.6 is 23.7 Å². The van der Waals surface area contributed by atoms with Crippen LogP contribution in [0.15, 0.2) is 47.2 Å². The van der Waals surface area contributed by atoms with E-state index in [0.29, 0.717) is 6.54 Å². The molecule has 0 saturated heterocycles. The minimum Gasteiger partial charge on any atom is -0.387 e. The van der Waals surface area contributed by atoms with Crippen LogP contribution in [0.25, 0.3) is 0 Å². The summed E-state index contributed by atoms with van der Waals surface area (Å²) >= 11 is 1.49. The van der Waals surface area contributed by atoms with Gasteiger partial charge in [-0.3, -0.25) is 9.59 Å². The number of nitrogens with zero attached hydrogens (tertiary/aromatic N) is 1. The van der Waals surface area contributed by atoms with Crippen molar-refractivity contribution >= 4 is 35.6 Å². The molecule has 1 atom stereocenters. The highest BCUT2D eigenvalue weighted by Crippen LogP contribution is 2.18. The standard InChI is InChI=1S/C17H21N3O3S.ClH/c18-8-16(22)19-9-17(23)20(10-13-4-2-1-3-5-13)11-15(21)14-6-7-24-12-14;/h1-7,12,15,21H,8-11,18H2,(H,19,22);1H. The number of hydrogen-bond acceptors (Lipinski definition) is 5. The van der Waals surface area contributed by atoms with E-state index in [1.165, 1.54) is 16.2 Å². The molecule has 0 radical (unpaired) electrons. The van der Waals surface area contributed by atoms with Gasteiger partial charge in [0.1, 0.15) is 0 Å². The highest BCUT2D eigenvalue weighted by molar-refractivity contribution is 7.07. The largest absolute Gasteiger partial charge is 0.387 e. The zero-order chi connectivity index (χ0) is 17.4. The lowest BCUT2D eigenvalue weighted by Crippen LogP contribution is -2.43. The lowest BCUT2D eigenvalue weighted by molar-refractivity contribution is -0.134. The molecule has 1 heterocycles. The summed E-state index contributed by atoms with van der Waals surface area (Å²) in [6.07, 6.45) is -0.769. The third-order valence-corrected chi connectivity index (χ3v) is 4.21. The third kappa shape index (κ3) is 6.83. The number of aliphatic hydroxyl groups excluding tert-OH is 1. The van der Waals surface area contributed by atoms with Crippen molar-refractivity contribution in [3.05, 3.63) is 58.3 Å². The SMILES string of the molecule is Cl.NCC(=O)NCC(=O)N(Cc1ccccc1)CC(O)c1ccsc1. The number of nitrogens with two attached hydrogens (primary N) is 1. The number of rotatable bonds is 8. The fraction of sp³-hybridized carbons (Fsp3) is 0.294. The van der Waals surface area contributed by atoms with Gasteiger partial charge in [-0.15, -0.1) is 12.4 Å².